The zero-order valence-electron chi connectivity index (χ0n) is 11.8. The third-order valence-electron chi connectivity index (χ3n) is 4.23. The summed E-state index contributed by atoms with van der Waals surface area (Å²) >= 11 is 0. The van der Waals surface area contributed by atoms with Gasteiger partial charge in [0.25, 0.3) is 0 Å². The number of hydrogen-bond donors (Lipinski definition) is 1. The fourth-order valence-electron chi connectivity index (χ4n) is 3.20. The number of nitrogens with zero attached hydrogens (tertiary/aromatic N) is 2. The van der Waals surface area contributed by atoms with E-state index < -0.39 is 0 Å². The Morgan fingerprint density at radius 3 is 2.65 bits per heavy atom. The molecule has 1 aliphatic rings. The predicted octanol–water partition coefficient (Wildman–Crippen LogP) is 3.37. The smallest absolute Gasteiger partial charge is 0.129 e. The maximum atomic E-state index is 9.37. The van der Waals surface area contributed by atoms with Crippen molar-refractivity contribution in [2.24, 2.45) is 0 Å². The second kappa shape index (κ2) is 6.23. The fraction of sp³-hybridized carbons (Fsp3) is 0.471. The van der Waals surface area contributed by atoms with Gasteiger partial charge in [-0.1, -0.05) is 37.5 Å². The molecule has 1 heterocycles. The summed E-state index contributed by atoms with van der Waals surface area (Å²) in [6.45, 7) is 0.862. The lowest BCUT2D eigenvalue weighted by molar-refractivity contribution is 0.289. The first-order chi connectivity index (χ1) is 9.88. The van der Waals surface area contributed by atoms with Gasteiger partial charge in [-0.15, -0.1) is 0 Å². The minimum atomic E-state index is 0.186. The molecule has 3 heteroatoms. The Morgan fingerprint density at radius 1 is 1.05 bits per heavy atom. The first-order valence-electron chi connectivity index (χ1n) is 7.62. The van der Waals surface area contributed by atoms with E-state index in [2.05, 4.69) is 29.2 Å². The number of fused-ring (bicyclic) bond motifs is 1. The molecular weight excluding hydrogens is 248 g/mol. The van der Waals surface area contributed by atoms with Gasteiger partial charge >= 0.3 is 0 Å². The van der Waals surface area contributed by atoms with Crippen LogP contribution in [0.2, 0.25) is 0 Å². The van der Waals surface area contributed by atoms with Gasteiger partial charge in [-0.25, -0.2) is 4.98 Å². The Morgan fingerprint density at radius 2 is 1.85 bits per heavy atom. The van der Waals surface area contributed by atoms with E-state index in [4.69, 9.17) is 4.98 Å². The molecule has 0 saturated heterocycles. The van der Waals surface area contributed by atoms with E-state index in [-0.39, 0.29) is 6.61 Å². The van der Waals surface area contributed by atoms with Crippen LogP contribution in [0.4, 0.5) is 5.82 Å². The molecule has 1 aliphatic carbocycles. The average Bonchev–Trinajstić information content (AvgIpc) is 2.53. The summed E-state index contributed by atoms with van der Waals surface area (Å²) in [5.74, 6) is 1.00. The molecular formula is C17H22N2O. The molecule has 0 spiro atoms. The standard InChI is InChI=1S/C17H22N2O/c20-13-12-19(15-7-2-1-3-8-15)17-11-10-14-6-4-5-9-16(14)18-17/h4-6,9-11,15,20H,1-3,7-8,12-13H2. The highest BCUT2D eigenvalue weighted by molar-refractivity contribution is 5.80. The van der Waals surface area contributed by atoms with Crippen molar-refractivity contribution in [1.29, 1.82) is 0 Å². The number of hydrogen-bond acceptors (Lipinski definition) is 3. The third-order valence-corrected chi connectivity index (χ3v) is 4.23. The van der Waals surface area contributed by atoms with Crippen LogP contribution in [0.25, 0.3) is 10.9 Å². The first kappa shape index (κ1) is 13.4. The topological polar surface area (TPSA) is 36.4 Å². The van der Waals surface area contributed by atoms with Gasteiger partial charge in [-0.3, -0.25) is 0 Å². The minimum Gasteiger partial charge on any atom is -0.395 e. The zero-order valence-corrected chi connectivity index (χ0v) is 11.8. The Hall–Kier alpha value is -1.61. The van der Waals surface area contributed by atoms with Crippen molar-refractivity contribution in [3.8, 4) is 0 Å². The lowest BCUT2D eigenvalue weighted by Gasteiger charge is -2.35. The van der Waals surface area contributed by atoms with Crippen LogP contribution < -0.4 is 4.90 Å². The van der Waals surface area contributed by atoms with Crippen molar-refractivity contribution < 1.29 is 5.11 Å². The number of aliphatic hydroxyl groups is 1. The van der Waals surface area contributed by atoms with Gasteiger partial charge in [0.15, 0.2) is 0 Å². The Kier molecular flexibility index (Phi) is 4.16. The molecule has 0 bridgehead atoms. The lowest BCUT2D eigenvalue weighted by atomic mass is 9.94. The van der Waals surface area contributed by atoms with Crippen molar-refractivity contribution >= 4 is 16.7 Å². The summed E-state index contributed by atoms with van der Waals surface area (Å²) < 4.78 is 0. The molecule has 0 radical (unpaired) electrons. The van der Waals surface area contributed by atoms with Crippen molar-refractivity contribution in [1.82, 2.24) is 4.98 Å². The monoisotopic (exact) mass is 270 g/mol. The number of aliphatic hydroxyl groups excluding tert-OH is 1. The largest absolute Gasteiger partial charge is 0.395 e. The van der Waals surface area contributed by atoms with Crippen LogP contribution in [0.3, 0.4) is 0 Å². The number of benzene rings is 1. The van der Waals surface area contributed by atoms with E-state index in [0.717, 1.165) is 11.3 Å². The molecule has 0 unspecified atom stereocenters. The quantitative estimate of drug-likeness (QED) is 0.925. The fourth-order valence-corrected chi connectivity index (χ4v) is 3.20. The Labute approximate surface area is 120 Å². The molecule has 3 rings (SSSR count). The van der Waals surface area contributed by atoms with Crippen molar-refractivity contribution in [2.45, 2.75) is 38.1 Å². The summed E-state index contributed by atoms with van der Waals surface area (Å²) in [5.41, 5.74) is 1.03. The van der Waals surface area contributed by atoms with Gasteiger partial charge in [-0.05, 0) is 31.0 Å². The molecule has 0 atom stereocenters. The van der Waals surface area contributed by atoms with Gasteiger partial charge in [0, 0.05) is 18.0 Å². The van der Waals surface area contributed by atoms with Gasteiger partial charge in [0.05, 0.1) is 12.1 Å². The summed E-state index contributed by atoms with van der Waals surface area (Å²) in [5, 5.41) is 10.5. The molecule has 1 saturated carbocycles. The summed E-state index contributed by atoms with van der Waals surface area (Å²) in [6.07, 6.45) is 6.36. The number of para-hydroxylation sites is 1. The molecule has 0 aliphatic heterocycles. The van der Waals surface area contributed by atoms with Gasteiger partial charge in [0.1, 0.15) is 5.82 Å². The molecule has 2 aromatic rings. The van der Waals surface area contributed by atoms with E-state index in [1.54, 1.807) is 0 Å². The van der Waals surface area contributed by atoms with Crippen LogP contribution in [0.15, 0.2) is 36.4 Å². The average molecular weight is 270 g/mol. The molecule has 1 fully saturated rings. The van der Waals surface area contributed by atoms with Gasteiger partial charge < -0.3 is 10.0 Å². The Bertz CT molecular complexity index is 564. The molecule has 0 amide bonds. The SMILES string of the molecule is OCCN(c1ccc2ccccc2n1)C1CCCCC1. The van der Waals surface area contributed by atoms with E-state index in [9.17, 15) is 5.11 Å². The summed E-state index contributed by atoms with van der Waals surface area (Å²) in [4.78, 5) is 7.08. The summed E-state index contributed by atoms with van der Waals surface area (Å²) in [6, 6.07) is 13.0. The minimum absolute atomic E-state index is 0.186. The number of pyridine rings is 1. The highest BCUT2D eigenvalue weighted by Crippen LogP contribution is 2.27. The second-order valence-corrected chi connectivity index (χ2v) is 5.57. The third kappa shape index (κ3) is 2.78. The van der Waals surface area contributed by atoms with Crippen LogP contribution in [0, 0.1) is 0 Å². The van der Waals surface area contributed by atoms with E-state index in [1.165, 1.54) is 37.5 Å². The highest BCUT2D eigenvalue weighted by Gasteiger charge is 2.22. The maximum Gasteiger partial charge on any atom is 0.129 e. The molecule has 1 N–H and O–H groups in total. The van der Waals surface area contributed by atoms with Crippen LogP contribution in [-0.4, -0.2) is 29.3 Å². The van der Waals surface area contributed by atoms with E-state index >= 15 is 0 Å². The van der Waals surface area contributed by atoms with E-state index in [0.29, 0.717) is 12.6 Å². The number of aromatic nitrogens is 1. The van der Waals surface area contributed by atoms with E-state index in [1.807, 2.05) is 12.1 Å². The van der Waals surface area contributed by atoms with Crippen molar-refractivity contribution in [3.05, 3.63) is 36.4 Å². The van der Waals surface area contributed by atoms with Gasteiger partial charge in [0.2, 0.25) is 0 Å². The number of anilines is 1. The van der Waals surface area contributed by atoms with Crippen LogP contribution in [0.5, 0.6) is 0 Å². The van der Waals surface area contributed by atoms with Crippen molar-refractivity contribution in [2.75, 3.05) is 18.1 Å². The molecule has 3 nitrogen and oxygen atoms in total. The molecule has 20 heavy (non-hydrogen) atoms. The summed E-state index contributed by atoms with van der Waals surface area (Å²) in [7, 11) is 0. The normalized spacial score (nSPS) is 16.4. The van der Waals surface area contributed by atoms with Crippen LogP contribution >= 0.6 is 0 Å². The highest BCUT2D eigenvalue weighted by atomic mass is 16.3. The molecule has 1 aromatic heterocycles. The maximum absolute atomic E-state index is 9.37. The lowest BCUT2D eigenvalue weighted by Crippen LogP contribution is -2.39. The first-order valence-corrected chi connectivity index (χ1v) is 7.62. The second-order valence-electron chi connectivity index (χ2n) is 5.57. The van der Waals surface area contributed by atoms with Crippen LogP contribution in [0.1, 0.15) is 32.1 Å². The Balaban J connectivity index is 1.91. The molecule has 106 valence electrons. The predicted molar refractivity (Wildman–Crippen MR) is 83.0 cm³/mol. The van der Waals surface area contributed by atoms with Gasteiger partial charge in [-0.2, -0.15) is 0 Å². The zero-order chi connectivity index (χ0) is 13.8. The number of rotatable bonds is 4. The molecule has 1 aromatic carbocycles. The van der Waals surface area contributed by atoms with Crippen LogP contribution in [-0.2, 0) is 0 Å². The van der Waals surface area contributed by atoms with Crippen molar-refractivity contribution in [3.63, 3.8) is 0 Å².